The van der Waals surface area contributed by atoms with Crippen molar-refractivity contribution in [2.45, 2.75) is 20.3 Å². The summed E-state index contributed by atoms with van der Waals surface area (Å²) in [7, 11) is -2.82. The Morgan fingerprint density at radius 1 is 1.25 bits per heavy atom. The van der Waals surface area contributed by atoms with Crippen LogP contribution in [-0.2, 0) is 13.6 Å². The van der Waals surface area contributed by atoms with E-state index in [0.29, 0.717) is 31.7 Å². The molecule has 0 atom stereocenters. The Morgan fingerprint density at radius 2 is 1.75 bits per heavy atom. The van der Waals surface area contributed by atoms with E-state index in [1.807, 2.05) is 0 Å². The third-order valence-corrected chi connectivity index (χ3v) is 3.65. The maximum Gasteiger partial charge on any atom is 0.330 e. The van der Waals surface area contributed by atoms with E-state index >= 15 is 0 Å². The molecule has 0 fully saturated rings. The number of rotatable bonds is 7. The molecule has 0 saturated carbocycles. The highest BCUT2D eigenvalue weighted by molar-refractivity contribution is 7.53. The first-order valence-electron chi connectivity index (χ1n) is 4.12. The SMILES string of the molecule is CCOP(=O)(CCCCl)OCC. The molecule has 0 aliphatic heterocycles. The molecular formula is C7H16ClO3P. The highest BCUT2D eigenvalue weighted by atomic mass is 35.5. The van der Waals surface area contributed by atoms with Crippen molar-refractivity contribution in [2.24, 2.45) is 0 Å². The summed E-state index contributed by atoms with van der Waals surface area (Å²) in [5.74, 6) is 0.490. The zero-order valence-electron chi connectivity index (χ0n) is 7.59. The van der Waals surface area contributed by atoms with E-state index in [2.05, 4.69) is 0 Å². The molecule has 0 spiro atoms. The Labute approximate surface area is 78.9 Å². The maximum absolute atomic E-state index is 11.7. The van der Waals surface area contributed by atoms with Gasteiger partial charge in [-0.3, -0.25) is 4.57 Å². The summed E-state index contributed by atoms with van der Waals surface area (Å²) >= 11 is 5.48. The van der Waals surface area contributed by atoms with Crippen molar-refractivity contribution in [3.63, 3.8) is 0 Å². The maximum atomic E-state index is 11.7. The largest absolute Gasteiger partial charge is 0.330 e. The van der Waals surface area contributed by atoms with Crippen LogP contribution in [0.15, 0.2) is 0 Å². The molecule has 0 saturated heterocycles. The van der Waals surface area contributed by atoms with E-state index in [1.54, 1.807) is 13.8 Å². The highest BCUT2D eigenvalue weighted by Crippen LogP contribution is 2.48. The van der Waals surface area contributed by atoms with Crippen LogP contribution in [0, 0.1) is 0 Å². The molecule has 0 aliphatic rings. The average molecular weight is 215 g/mol. The molecule has 5 heteroatoms. The predicted octanol–water partition coefficient (Wildman–Crippen LogP) is 2.88. The molecule has 12 heavy (non-hydrogen) atoms. The van der Waals surface area contributed by atoms with Gasteiger partial charge in [0.05, 0.1) is 19.4 Å². The zero-order chi connectivity index (χ0) is 9.45. The van der Waals surface area contributed by atoms with E-state index in [1.165, 1.54) is 0 Å². The molecule has 0 heterocycles. The van der Waals surface area contributed by atoms with Crippen LogP contribution >= 0.6 is 19.2 Å². The van der Waals surface area contributed by atoms with Crippen molar-refractivity contribution < 1.29 is 13.6 Å². The fourth-order valence-electron chi connectivity index (χ4n) is 0.813. The van der Waals surface area contributed by atoms with Crippen molar-refractivity contribution >= 4 is 19.2 Å². The molecule has 0 amide bonds. The minimum absolute atomic E-state index is 0.415. The lowest BCUT2D eigenvalue weighted by atomic mass is 10.6. The Balaban J connectivity index is 3.90. The molecule has 74 valence electrons. The van der Waals surface area contributed by atoms with Gasteiger partial charge < -0.3 is 9.05 Å². The predicted molar refractivity (Wildman–Crippen MR) is 51.1 cm³/mol. The Kier molecular flexibility index (Phi) is 7.16. The number of hydrogen-bond acceptors (Lipinski definition) is 3. The topological polar surface area (TPSA) is 35.5 Å². The number of hydrogen-bond donors (Lipinski definition) is 0. The Morgan fingerprint density at radius 3 is 2.08 bits per heavy atom. The summed E-state index contributed by atoms with van der Waals surface area (Å²) in [6.45, 7) is 4.43. The Hall–Kier alpha value is 0.440. The minimum atomic E-state index is -2.82. The van der Waals surface area contributed by atoms with Gasteiger partial charge >= 0.3 is 7.60 Å². The summed E-state index contributed by atoms with van der Waals surface area (Å²) in [4.78, 5) is 0. The van der Waals surface area contributed by atoms with E-state index in [0.717, 1.165) is 0 Å². The van der Waals surface area contributed by atoms with Gasteiger partial charge in [-0.2, -0.15) is 0 Å². The molecule has 0 bridgehead atoms. The molecular weight excluding hydrogens is 199 g/mol. The molecule has 0 aromatic heterocycles. The van der Waals surface area contributed by atoms with Crippen molar-refractivity contribution in [1.29, 1.82) is 0 Å². The minimum Gasteiger partial charge on any atom is -0.309 e. The van der Waals surface area contributed by atoms with Gasteiger partial charge in [-0.15, -0.1) is 11.6 Å². The van der Waals surface area contributed by atoms with Gasteiger partial charge in [-0.25, -0.2) is 0 Å². The average Bonchev–Trinajstić information content (AvgIpc) is 2.02. The fourth-order valence-corrected chi connectivity index (χ4v) is 2.80. The van der Waals surface area contributed by atoms with Gasteiger partial charge in [0.15, 0.2) is 0 Å². The van der Waals surface area contributed by atoms with Crippen LogP contribution in [0.1, 0.15) is 20.3 Å². The van der Waals surface area contributed by atoms with Crippen LogP contribution < -0.4 is 0 Å². The van der Waals surface area contributed by atoms with Crippen LogP contribution in [0.4, 0.5) is 0 Å². The van der Waals surface area contributed by atoms with E-state index in [9.17, 15) is 4.57 Å². The van der Waals surface area contributed by atoms with Crippen LogP contribution in [0.5, 0.6) is 0 Å². The van der Waals surface area contributed by atoms with E-state index in [-0.39, 0.29) is 0 Å². The van der Waals surface area contributed by atoms with Crippen molar-refractivity contribution in [3.8, 4) is 0 Å². The summed E-state index contributed by atoms with van der Waals surface area (Å²) in [6.07, 6.45) is 1.08. The van der Waals surface area contributed by atoms with Gasteiger partial charge in [-0.1, -0.05) is 0 Å². The monoisotopic (exact) mass is 214 g/mol. The van der Waals surface area contributed by atoms with Gasteiger partial charge in [0.1, 0.15) is 0 Å². The summed E-state index contributed by atoms with van der Waals surface area (Å²) in [6, 6.07) is 0. The van der Waals surface area contributed by atoms with Crippen LogP contribution in [0.25, 0.3) is 0 Å². The highest BCUT2D eigenvalue weighted by Gasteiger charge is 2.21. The molecule has 0 rings (SSSR count). The molecule has 0 radical (unpaired) electrons. The Bertz CT molecular complexity index is 142. The molecule has 0 aromatic rings. The zero-order valence-corrected chi connectivity index (χ0v) is 9.24. The van der Waals surface area contributed by atoms with Gasteiger partial charge in [0.2, 0.25) is 0 Å². The normalized spacial score (nSPS) is 11.9. The third-order valence-electron chi connectivity index (χ3n) is 1.22. The first-order valence-corrected chi connectivity index (χ1v) is 6.39. The first-order chi connectivity index (χ1) is 5.68. The second kappa shape index (κ2) is 6.90. The standard InChI is InChI=1S/C7H16ClO3P/c1-3-10-12(9,11-4-2)7-5-6-8/h3-7H2,1-2H3. The summed E-state index contributed by atoms with van der Waals surface area (Å²) in [5.41, 5.74) is 0. The van der Waals surface area contributed by atoms with Crippen molar-refractivity contribution in [2.75, 3.05) is 25.3 Å². The fraction of sp³-hybridized carbons (Fsp3) is 1.00. The van der Waals surface area contributed by atoms with E-state index in [4.69, 9.17) is 20.6 Å². The molecule has 0 N–H and O–H groups in total. The van der Waals surface area contributed by atoms with Gasteiger partial charge in [-0.05, 0) is 20.3 Å². The molecule has 0 aliphatic carbocycles. The second-order valence-electron chi connectivity index (χ2n) is 2.21. The van der Waals surface area contributed by atoms with Crippen LogP contribution in [-0.4, -0.2) is 25.3 Å². The number of alkyl halides is 1. The summed E-state index contributed by atoms with van der Waals surface area (Å²) in [5, 5.41) is 0. The first kappa shape index (κ1) is 12.4. The lowest BCUT2D eigenvalue weighted by Crippen LogP contribution is -2.00. The molecule has 0 unspecified atom stereocenters. The van der Waals surface area contributed by atoms with Gasteiger partial charge in [0.25, 0.3) is 0 Å². The third kappa shape index (κ3) is 5.15. The molecule has 0 aromatic carbocycles. The van der Waals surface area contributed by atoms with Crippen LogP contribution in [0.3, 0.4) is 0 Å². The van der Waals surface area contributed by atoms with Crippen molar-refractivity contribution in [1.82, 2.24) is 0 Å². The van der Waals surface area contributed by atoms with Crippen LogP contribution in [0.2, 0.25) is 0 Å². The number of halogens is 1. The summed E-state index contributed by atoms with van der Waals surface area (Å²) < 4.78 is 21.8. The smallest absolute Gasteiger partial charge is 0.309 e. The second-order valence-corrected chi connectivity index (χ2v) is 4.78. The lowest BCUT2D eigenvalue weighted by molar-refractivity contribution is 0.220. The van der Waals surface area contributed by atoms with Crippen molar-refractivity contribution in [3.05, 3.63) is 0 Å². The van der Waals surface area contributed by atoms with Gasteiger partial charge in [0, 0.05) is 5.88 Å². The molecule has 3 nitrogen and oxygen atoms in total. The van der Waals surface area contributed by atoms with E-state index < -0.39 is 7.60 Å². The lowest BCUT2D eigenvalue weighted by Gasteiger charge is -2.15. The quantitative estimate of drug-likeness (QED) is 0.483.